The molecule has 15 heavy (non-hydrogen) atoms. The Bertz CT molecular complexity index is 386. The van der Waals surface area contributed by atoms with Gasteiger partial charge in [-0.3, -0.25) is 0 Å². The average Bonchev–Trinajstić information content (AvgIpc) is 3.12. The van der Waals surface area contributed by atoms with E-state index in [-0.39, 0.29) is 0 Å². The van der Waals surface area contributed by atoms with Crippen LogP contribution in [-0.4, -0.2) is 11.7 Å². The summed E-state index contributed by atoms with van der Waals surface area (Å²) in [6.45, 7) is 0.345. The smallest absolute Gasteiger partial charge is 0.0468 e. The van der Waals surface area contributed by atoms with Crippen molar-refractivity contribution < 1.29 is 5.11 Å². The van der Waals surface area contributed by atoms with E-state index >= 15 is 0 Å². The van der Waals surface area contributed by atoms with E-state index in [1.807, 2.05) is 0 Å². The van der Waals surface area contributed by atoms with Crippen LogP contribution in [-0.2, 0) is 5.41 Å². The summed E-state index contributed by atoms with van der Waals surface area (Å²) in [4.78, 5) is 0. The molecule has 0 radical (unpaired) electrons. The third kappa shape index (κ3) is 1.38. The van der Waals surface area contributed by atoms with Crippen molar-refractivity contribution in [1.82, 2.24) is 0 Å². The molecule has 2 fully saturated rings. The lowest BCUT2D eigenvalue weighted by molar-refractivity contribution is 0.259. The summed E-state index contributed by atoms with van der Waals surface area (Å²) in [5, 5.41) is 9.36. The second-order valence-corrected chi connectivity index (χ2v) is 5.73. The lowest BCUT2D eigenvalue weighted by atomic mass is 9.88. The molecular formula is C13H15BrO. The Labute approximate surface area is 98.6 Å². The van der Waals surface area contributed by atoms with E-state index in [0.717, 1.165) is 5.92 Å². The molecule has 0 saturated heterocycles. The van der Waals surface area contributed by atoms with Gasteiger partial charge in [-0.15, -0.1) is 0 Å². The molecule has 2 unspecified atom stereocenters. The summed E-state index contributed by atoms with van der Waals surface area (Å²) < 4.78 is 1.22. The normalized spacial score (nSPS) is 34.1. The number of rotatable bonds is 3. The summed E-state index contributed by atoms with van der Waals surface area (Å²) in [6, 6.07) is 8.51. The van der Waals surface area contributed by atoms with Gasteiger partial charge in [-0.25, -0.2) is 0 Å². The minimum atomic E-state index is 0.314. The van der Waals surface area contributed by atoms with Gasteiger partial charge in [0.2, 0.25) is 0 Å². The van der Waals surface area contributed by atoms with Gasteiger partial charge in [-0.05, 0) is 42.7 Å². The molecule has 0 heterocycles. The predicted octanol–water partition coefficient (Wildman–Crippen LogP) is 3.11. The first-order chi connectivity index (χ1) is 7.29. The summed E-state index contributed by atoms with van der Waals surface area (Å²) in [5.41, 5.74) is 1.74. The molecule has 3 rings (SSSR count). The van der Waals surface area contributed by atoms with Crippen LogP contribution in [0.2, 0.25) is 0 Å². The summed E-state index contributed by atoms with van der Waals surface area (Å²) >= 11 is 3.64. The molecule has 80 valence electrons. The van der Waals surface area contributed by atoms with Gasteiger partial charge < -0.3 is 5.11 Å². The van der Waals surface area contributed by atoms with Gasteiger partial charge in [0.1, 0.15) is 0 Å². The van der Waals surface area contributed by atoms with Crippen LogP contribution in [0, 0.1) is 11.8 Å². The maximum Gasteiger partial charge on any atom is 0.0468 e. The Hall–Kier alpha value is -0.340. The zero-order valence-electron chi connectivity index (χ0n) is 8.62. The third-order valence-corrected chi connectivity index (χ3v) is 4.75. The van der Waals surface area contributed by atoms with E-state index in [9.17, 15) is 5.11 Å². The molecule has 0 spiro atoms. The van der Waals surface area contributed by atoms with Gasteiger partial charge in [0.05, 0.1) is 0 Å². The Morgan fingerprint density at radius 2 is 2.07 bits per heavy atom. The lowest BCUT2D eigenvalue weighted by Crippen LogP contribution is -2.15. The second-order valence-electron chi connectivity index (χ2n) is 4.88. The molecule has 1 aromatic carbocycles. The number of benzene rings is 1. The average molecular weight is 267 g/mol. The fourth-order valence-corrected chi connectivity index (χ4v) is 3.72. The molecule has 0 aromatic heterocycles. The molecule has 0 amide bonds. The maximum atomic E-state index is 9.36. The van der Waals surface area contributed by atoms with E-state index in [1.165, 1.54) is 29.3 Å². The van der Waals surface area contributed by atoms with Crippen LogP contribution in [0.3, 0.4) is 0 Å². The van der Waals surface area contributed by atoms with Gasteiger partial charge in [-0.2, -0.15) is 0 Å². The minimum Gasteiger partial charge on any atom is -0.396 e. The third-order valence-electron chi connectivity index (χ3n) is 4.05. The molecular weight excluding hydrogens is 252 g/mol. The maximum absolute atomic E-state index is 9.36. The summed E-state index contributed by atoms with van der Waals surface area (Å²) in [7, 11) is 0. The highest BCUT2D eigenvalue weighted by molar-refractivity contribution is 9.10. The van der Waals surface area contributed by atoms with Crippen LogP contribution in [0.5, 0.6) is 0 Å². The van der Waals surface area contributed by atoms with Crippen LogP contribution in [0.1, 0.15) is 24.8 Å². The molecule has 1 N–H and O–H groups in total. The largest absolute Gasteiger partial charge is 0.396 e. The molecule has 2 heteroatoms. The van der Waals surface area contributed by atoms with Gasteiger partial charge in [0.25, 0.3) is 0 Å². The Balaban J connectivity index is 2.01. The van der Waals surface area contributed by atoms with Crippen molar-refractivity contribution in [2.75, 3.05) is 6.61 Å². The number of aliphatic hydroxyl groups excluding tert-OH is 1. The Kier molecular flexibility index (Phi) is 2.18. The van der Waals surface area contributed by atoms with E-state index in [4.69, 9.17) is 0 Å². The topological polar surface area (TPSA) is 20.2 Å². The molecule has 2 aliphatic rings. The van der Waals surface area contributed by atoms with E-state index < -0.39 is 0 Å². The van der Waals surface area contributed by atoms with Gasteiger partial charge in [-0.1, -0.05) is 34.1 Å². The number of halogens is 1. The van der Waals surface area contributed by atoms with Gasteiger partial charge in [0, 0.05) is 16.5 Å². The summed E-state index contributed by atoms with van der Waals surface area (Å²) in [6.07, 6.45) is 3.87. The lowest BCUT2D eigenvalue weighted by Gasteiger charge is -2.18. The Morgan fingerprint density at radius 3 is 2.60 bits per heavy atom. The molecule has 2 aliphatic carbocycles. The first-order valence-corrected chi connectivity index (χ1v) is 6.44. The van der Waals surface area contributed by atoms with Crippen LogP contribution in [0.15, 0.2) is 28.7 Å². The van der Waals surface area contributed by atoms with Crippen LogP contribution in [0.25, 0.3) is 0 Å². The fraction of sp³-hybridized carbons (Fsp3) is 0.538. The van der Waals surface area contributed by atoms with Gasteiger partial charge in [0.15, 0.2) is 0 Å². The highest BCUT2D eigenvalue weighted by Crippen LogP contribution is 2.66. The van der Waals surface area contributed by atoms with Crippen molar-refractivity contribution in [2.24, 2.45) is 11.8 Å². The zero-order chi connectivity index (χ0) is 10.5. The monoisotopic (exact) mass is 266 g/mol. The van der Waals surface area contributed by atoms with Crippen LogP contribution in [0.4, 0.5) is 0 Å². The van der Waals surface area contributed by atoms with E-state index in [0.29, 0.717) is 17.9 Å². The predicted molar refractivity (Wildman–Crippen MR) is 63.7 cm³/mol. The number of aliphatic hydroxyl groups is 1. The first-order valence-electron chi connectivity index (χ1n) is 5.65. The second kappa shape index (κ2) is 3.33. The number of hydrogen-bond donors (Lipinski definition) is 1. The first kappa shape index (κ1) is 9.86. The minimum absolute atomic E-state index is 0.314. The molecule has 2 saturated carbocycles. The highest BCUT2D eigenvalue weighted by atomic mass is 79.9. The number of hydrogen-bond acceptors (Lipinski definition) is 1. The molecule has 0 bridgehead atoms. The van der Waals surface area contributed by atoms with Gasteiger partial charge >= 0.3 is 0 Å². The van der Waals surface area contributed by atoms with Crippen molar-refractivity contribution in [3.63, 3.8) is 0 Å². The van der Waals surface area contributed by atoms with E-state index in [1.54, 1.807) is 0 Å². The quantitative estimate of drug-likeness (QED) is 0.892. The van der Waals surface area contributed by atoms with Crippen molar-refractivity contribution in [1.29, 1.82) is 0 Å². The van der Waals surface area contributed by atoms with E-state index in [2.05, 4.69) is 40.2 Å². The fourth-order valence-electron chi connectivity index (χ4n) is 3.06. The van der Waals surface area contributed by atoms with Crippen molar-refractivity contribution >= 4 is 15.9 Å². The molecule has 1 nitrogen and oxygen atoms in total. The standard InChI is InChI=1S/C13H15BrO/c14-12-4-2-1-3-11(12)13(9-5-6-9)7-10(13)8-15/h1-4,9-10,15H,5-8H2. The van der Waals surface area contributed by atoms with Crippen LogP contribution >= 0.6 is 15.9 Å². The van der Waals surface area contributed by atoms with Crippen molar-refractivity contribution in [3.8, 4) is 0 Å². The van der Waals surface area contributed by atoms with Crippen molar-refractivity contribution in [2.45, 2.75) is 24.7 Å². The SMILES string of the molecule is OCC1CC1(c1ccccc1Br)C1CC1. The van der Waals surface area contributed by atoms with Crippen molar-refractivity contribution in [3.05, 3.63) is 34.3 Å². The molecule has 0 aliphatic heterocycles. The summed E-state index contributed by atoms with van der Waals surface area (Å²) in [5.74, 6) is 1.33. The Morgan fingerprint density at radius 1 is 1.33 bits per heavy atom. The molecule has 1 aromatic rings. The molecule has 2 atom stereocenters. The zero-order valence-corrected chi connectivity index (χ0v) is 10.2. The van der Waals surface area contributed by atoms with Crippen LogP contribution < -0.4 is 0 Å². The highest BCUT2D eigenvalue weighted by Gasteiger charge is 2.62.